The van der Waals surface area contributed by atoms with Crippen molar-refractivity contribution in [2.45, 2.75) is 38.6 Å². The Kier molecular flexibility index (Phi) is 5.01. The van der Waals surface area contributed by atoms with Gasteiger partial charge in [0.1, 0.15) is 0 Å². The van der Waals surface area contributed by atoms with Crippen molar-refractivity contribution in [3.05, 3.63) is 0 Å². The molecule has 0 radical (unpaired) electrons. The summed E-state index contributed by atoms with van der Waals surface area (Å²) >= 11 is 0. The van der Waals surface area contributed by atoms with Gasteiger partial charge >= 0.3 is 0 Å². The van der Waals surface area contributed by atoms with Crippen molar-refractivity contribution in [2.75, 3.05) is 33.2 Å². The van der Waals surface area contributed by atoms with Crippen molar-refractivity contribution in [3.63, 3.8) is 0 Å². The minimum atomic E-state index is 0.156. The molecular weight excluding hydrogens is 226 g/mol. The molecule has 1 unspecified atom stereocenters. The van der Waals surface area contributed by atoms with Gasteiger partial charge in [0.2, 0.25) is 5.91 Å². The molecule has 0 aromatic rings. The van der Waals surface area contributed by atoms with Crippen molar-refractivity contribution >= 4 is 5.91 Å². The molecule has 4 heteroatoms. The van der Waals surface area contributed by atoms with Gasteiger partial charge < -0.3 is 15.5 Å². The molecule has 1 aliphatic carbocycles. The Morgan fingerprint density at radius 2 is 2.06 bits per heavy atom. The summed E-state index contributed by atoms with van der Waals surface area (Å²) in [5, 5.41) is 6.30. The molecule has 1 aliphatic heterocycles. The fourth-order valence-electron chi connectivity index (χ4n) is 2.92. The Morgan fingerprint density at radius 3 is 2.61 bits per heavy atom. The normalized spacial score (nSPS) is 23.1. The van der Waals surface area contributed by atoms with Gasteiger partial charge in [-0.25, -0.2) is 0 Å². The summed E-state index contributed by atoms with van der Waals surface area (Å²) in [6.07, 6.45) is 5.39. The average molecular weight is 253 g/mol. The number of nitrogens with one attached hydrogen (secondary N) is 2. The van der Waals surface area contributed by atoms with Crippen LogP contribution in [0, 0.1) is 11.8 Å². The molecule has 0 bridgehead atoms. The van der Waals surface area contributed by atoms with E-state index in [4.69, 9.17) is 0 Å². The van der Waals surface area contributed by atoms with Gasteiger partial charge in [0.15, 0.2) is 0 Å². The van der Waals surface area contributed by atoms with Gasteiger partial charge in [-0.15, -0.1) is 0 Å². The van der Waals surface area contributed by atoms with E-state index in [2.05, 4.69) is 22.6 Å². The fourth-order valence-corrected chi connectivity index (χ4v) is 2.92. The molecule has 2 fully saturated rings. The first-order valence-corrected chi connectivity index (χ1v) is 7.37. The van der Waals surface area contributed by atoms with Gasteiger partial charge in [0, 0.05) is 25.0 Å². The summed E-state index contributed by atoms with van der Waals surface area (Å²) in [5.74, 6) is 0.918. The molecule has 0 spiro atoms. The maximum atomic E-state index is 11.9. The molecular formula is C14H27N3O. The highest BCUT2D eigenvalue weighted by molar-refractivity contribution is 5.78. The molecule has 2 N–H and O–H groups in total. The Labute approximate surface area is 110 Å². The number of rotatable bonds is 6. The summed E-state index contributed by atoms with van der Waals surface area (Å²) in [7, 11) is 2.18. The van der Waals surface area contributed by atoms with Crippen LogP contribution in [0.4, 0.5) is 0 Å². The summed E-state index contributed by atoms with van der Waals surface area (Å²) in [5.41, 5.74) is 0. The Bertz CT molecular complexity index is 272. The van der Waals surface area contributed by atoms with E-state index in [1.165, 1.54) is 25.7 Å². The van der Waals surface area contributed by atoms with Crippen LogP contribution in [-0.2, 0) is 4.79 Å². The van der Waals surface area contributed by atoms with E-state index in [9.17, 15) is 4.79 Å². The Morgan fingerprint density at radius 1 is 1.39 bits per heavy atom. The first kappa shape index (κ1) is 13.8. The number of carbonyl (C=O) groups excluding carboxylic acids is 1. The number of amides is 1. The van der Waals surface area contributed by atoms with Crippen LogP contribution in [0.5, 0.6) is 0 Å². The van der Waals surface area contributed by atoms with Crippen LogP contribution in [0.2, 0.25) is 0 Å². The van der Waals surface area contributed by atoms with Crippen molar-refractivity contribution in [1.82, 2.24) is 15.5 Å². The van der Waals surface area contributed by atoms with Gasteiger partial charge in [0.05, 0.1) is 0 Å². The van der Waals surface area contributed by atoms with E-state index >= 15 is 0 Å². The van der Waals surface area contributed by atoms with Crippen molar-refractivity contribution in [1.29, 1.82) is 0 Å². The van der Waals surface area contributed by atoms with Crippen LogP contribution in [0.15, 0.2) is 0 Å². The molecule has 1 amide bonds. The van der Waals surface area contributed by atoms with E-state index in [0.29, 0.717) is 5.92 Å². The second-order valence-corrected chi connectivity index (χ2v) is 5.92. The van der Waals surface area contributed by atoms with Crippen LogP contribution in [0.1, 0.15) is 32.6 Å². The van der Waals surface area contributed by atoms with Gasteiger partial charge in [-0.05, 0) is 38.9 Å². The maximum Gasteiger partial charge on any atom is 0.223 e. The van der Waals surface area contributed by atoms with E-state index in [1.807, 2.05) is 6.92 Å². The molecule has 2 rings (SSSR count). The maximum absolute atomic E-state index is 11.9. The molecule has 1 atom stereocenters. The number of likely N-dealkylation sites (N-methyl/N-ethyl adjacent to an activating group) is 1. The third-order valence-corrected chi connectivity index (χ3v) is 4.65. The zero-order chi connectivity index (χ0) is 13.0. The van der Waals surface area contributed by atoms with Gasteiger partial charge in [0.25, 0.3) is 0 Å². The predicted octanol–water partition coefficient (Wildman–Crippen LogP) is 0.833. The first-order valence-electron chi connectivity index (χ1n) is 7.37. The van der Waals surface area contributed by atoms with Gasteiger partial charge in [-0.3, -0.25) is 4.79 Å². The number of nitrogens with zero attached hydrogens (tertiary/aromatic N) is 1. The minimum absolute atomic E-state index is 0.156. The summed E-state index contributed by atoms with van der Waals surface area (Å²) in [4.78, 5) is 14.3. The fraction of sp³-hybridized carbons (Fsp3) is 0.929. The minimum Gasteiger partial charge on any atom is -0.355 e. The lowest BCUT2D eigenvalue weighted by atomic mass is 9.88. The standard InChI is InChI=1S/C14H27N3O/c1-11(12-9-15-10-12)14(18)16-7-8-17(2)13-5-3-4-6-13/h11-13,15H,3-10H2,1-2H3,(H,16,18). The summed E-state index contributed by atoms with van der Waals surface area (Å²) in [6.45, 7) is 5.80. The number of carbonyl (C=O) groups is 1. The average Bonchev–Trinajstić information content (AvgIpc) is 2.79. The topological polar surface area (TPSA) is 44.4 Å². The van der Waals surface area contributed by atoms with Crippen molar-refractivity contribution in [2.24, 2.45) is 11.8 Å². The highest BCUT2D eigenvalue weighted by Gasteiger charge is 2.28. The molecule has 0 aromatic carbocycles. The smallest absolute Gasteiger partial charge is 0.223 e. The zero-order valence-corrected chi connectivity index (χ0v) is 11.7. The van der Waals surface area contributed by atoms with E-state index < -0.39 is 0 Å². The van der Waals surface area contributed by atoms with Crippen molar-refractivity contribution < 1.29 is 4.79 Å². The lowest BCUT2D eigenvalue weighted by molar-refractivity contribution is -0.126. The largest absolute Gasteiger partial charge is 0.355 e. The number of hydrogen-bond donors (Lipinski definition) is 2. The van der Waals surface area contributed by atoms with E-state index in [-0.39, 0.29) is 11.8 Å². The van der Waals surface area contributed by atoms with Gasteiger partial charge in [-0.2, -0.15) is 0 Å². The molecule has 104 valence electrons. The van der Waals surface area contributed by atoms with Crippen LogP contribution in [0.3, 0.4) is 0 Å². The van der Waals surface area contributed by atoms with Crippen LogP contribution < -0.4 is 10.6 Å². The van der Waals surface area contributed by atoms with Crippen molar-refractivity contribution in [3.8, 4) is 0 Å². The summed E-state index contributed by atoms with van der Waals surface area (Å²) < 4.78 is 0. The van der Waals surface area contributed by atoms with Crippen LogP contribution in [-0.4, -0.2) is 50.1 Å². The van der Waals surface area contributed by atoms with E-state index in [0.717, 1.165) is 32.2 Å². The molecule has 1 heterocycles. The third kappa shape index (κ3) is 3.45. The predicted molar refractivity (Wildman–Crippen MR) is 73.4 cm³/mol. The molecule has 0 aromatic heterocycles. The summed E-state index contributed by atoms with van der Waals surface area (Å²) in [6, 6.07) is 0.746. The SMILES string of the molecule is CC(C(=O)NCCN(C)C1CCCC1)C1CNC1. The second kappa shape index (κ2) is 6.53. The first-order chi connectivity index (χ1) is 8.68. The Balaban J connectivity index is 1.60. The highest BCUT2D eigenvalue weighted by Crippen LogP contribution is 2.21. The number of hydrogen-bond acceptors (Lipinski definition) is 3. The molecule has 1 saturated heterocycles. The lowest BCUT2D eigenvalue weighted by Gasteiger charge is -2.32. The second-order valence-electron chi connectivity index (χ2n) is 5.92. The quantitative estimate of drug-likeness (QED) is 0.737. The van der Waals surface area contributed by atoms with E-state index in [1.54, 1.807) is 0 Å². The molecule has 18 heavy (non-hydrogen) atoms. The zero-order valence-electron chi connectivity index (χ0n) is 11.7. The van der Waals surface area contributed by atoms with Crippen LogP contribution >= 0.6 is 0 Å². The molecule has 4 nitrogen and oxygen atoms in total. The lowest BCUT2D eigenvalue weighted by Crippen LogP contribution is -2.50. The highest BCUT2D eigenvalue weighted by atomic mass is 16.1. The molecule has 1 saturated carbocycles. The third-order valence-electron chi connectivity index (χ3n) is 4.65. The Hall–Kier alpha value is -0.610. The van der Waals surface area contributed by atoms with Gasteiger partial charge in [-0.1, -0.05) is 19.8 Å². The monoisotopic (exact) mass is 253 g/mol. The van der Waals surface area contributed by atoms with Crippen LogP contribution in [0.25, 0.3) is 0 Å². The molecule has 2 aliphatic rings.